The minimum Gasteiger partial charge on any atom is -0.469 e. The first-order chi connectivity index (χ1) is 10.1. The molecule has 1 amide bonds. The first-order valence-corrected chi connectivity index (χ1v) is 7.34. The summed E-state index contributed by atoms with van der Waals surface area (Å²) < 4.78 is 4.66. The molecule has 21 heavy (non-hydrogen) atoms. The molecular formula is C13H16N4O3S. The fourth-order valence-electron chi connectivity index (χ4n) is 1.74. The number of esters is 1. The SMILES string of the molecule is CCc1nc(C(=O)NC(CC(=O)OC)c2cccs2)n[nH]1. The zero-order valence-electron chi connectivity index (χ0n) is 11.8. The van der Waals surface area contributed by atoms with Crippen LogP contribution in [0, 0.1) is 0 Å². The van der Waals surface area contributed by atoms with Gasteiger partial charge in [-0.25, -0.2) is 4.98 Å². The minimum atomic E-state index is -0.450. The molecule has 2 N–H and O–H groups in total. The number of amides is 1. The van der Waals surface area contributed by atoms with Gasteiger partial charge in [0.15, 0.2) is 0 Å². The van der Waals surface area contributed by atoms with Gasteiger partial charge < -0.3 is 10.1 Å². The number of carbonyl (C=O) groups excluding carboxylic acids is 2. The fourth-order valence-corrected chi connectivity index (χ4v) is 2.52. The second kappa shape index (κ2) is 6.98. The average molecular weight is 308 g/mol. The van der Waals surface area contributed by atoms with Crippen molar-refractivity contribution in [3.8, 4) is 0 Å². The second-order valence-electron chi connectivity index (χ2n) is 4.28. The van der Waals surface area contributed by atoms with E-state index in [9.17, 15) is 9.59 Å². The van der Waals surface area contributed by atoms with Gasteiger partial charge in [0.1, 0.15) is 5.82 Å². The largest absolute Gasteiger partial charge is 0.469 e. The minimum absolute atomic E-state index is 0.0633. The molecule has 112 valence electrons. The number of methoxy groups -OCH3 is 1. The molecule has 1 atom stereocenters. The Morgan fingerprint density at radius 1 is 1.52 bits per heavy atom. The van der Waals surface area contributed by atoms with Gasteiger partial charge >= 0.3 is 5.97 Å². The fraction of sp³-hybridized carbons (Fsp3) is 0.385. The highest BCUT2D eigenvalue weighted by Gasteiger charge is 2.22. The number of ether oxygens (including phenoxy) is 1. The molecule has 0 aliphatic carbocycles. The van der Waals surface area contributed by atoms with Crippen molar-refractivity contribution in [2.75, 3.05) is 7.11 Å². The number of nitrogens with one attached hydrogen (secondary N) is 2. The Bertz CT molecular complexity index is 609. The van der Waals surface area contributed by atoms with Crippen LogP contribution in [0.25, 0.3) is 0 Å². The van der Waals surface area contributed by atoms with Gasteiger partial charge in [0.2, 0.25) is 5.82 Å². The molecule has 2 aromatic heterocycles. The molecule has 0 radical (unpaired) electrons. The summed E-state index contributed by atoms with van der Waals surface area (Å²) in [5.74, 6) is -0.106. The highest BCUT2D eigenvalue weighted by Crippen LogP contribution is 2.22. The van der Waals surface area contributed by atoms with Crippen LogP contribution in [0.4, 0.5) is 0 Å². The molecular weight excluding hydrogens is 292 g/mol. The second-order valence-corrected chi connectivity index (χ2v) is 5.26. The average Bonchev–Trinajstić information content (AvgIpc) is 3.17. The third-order valence-electron chi connectivity index (χ3n) is 2.86. The first kappa shape index (κ1) is 15.2. The molecule has 0 saturated carbocycles. The maximum atomic E-state index is 12.1. The van der Waals surface area contributed by atoms with Crippen LogP contribution >= 0.6 is 11.3 Å². The van der Waals surface area contributed by atoms with E-state index in [1.807, 2.05) is 24.4 Å². The summed E-state index contributed by atoms with van der Waals surface area (Å²) in [5.41, 5.74) is 0. The normalized spacial score (nSPS) is 11.9. The number of hydrogen-bond acceptors (Lipinski definition) is 6. The molecule has 2 aromatic rings. The number of aromatic amines is 1. The van der Waals surface area contributed by atoms with Gasteiger partial charge in [0.05, 0.1) is 19.6 Å². The Labute approximate surface area is 125 Å². The van der Waals surface area contributed by atoms with Crippen molar-refractivity contribution in [3.63, 3.8) is 0 Å². The molecule has 0 aliphatic heterocycles. The third-order valence-corrected chi connectivity index (χ3v) is 3.85. The van der Waals surface area contributed by atoms with Crippen LogP contribution in [0.5, 0.6) is 0 Å². The topological polar surface area (TPSA) is 97.0 Å². The van der Waals surface area contributed by atoms with Crippen molar-refractivity contribution in [2.45, 2.75) is 25.8 Å². The number of nitrogens with zero attached hydrogens (tertiary/aromatic N) is 2. The lowest BCUT2D eigenvalue weighted by atomic mass is 10.1. The van der Waals surface area contributed by atoms with Crippen LogP contribution in [0.2, 0.25) is 0 Å². The van der Waals surface area contributed by atoms with Crippen molar-refractivity contribution < 1.29 is 14.3 Å². The maximum Gasteiger partial charge on any atom is 0.307 e. The summed E-state index contributed by atoms with van der Waals surface area (Å²) in [4.78, 5) is 28.6. The van der Waals surface area contributed by atoms with Crippen molar-refractivity contribution in [1.82, 2.24) is 20.5 Å². The van der Waals surface area contributed by atoms with E-state index in [0.717, 1.165) is 4.88 Å². The van der Waals surface area contributed by atoms with Gasteiger partial charge in [-0.2, -0.15) is 0 Å². The van der Waals surface area contributed by atoms with Gasteiger partial charge in [-0.3, -0.25) is 14.7 Å². The molecule has 0 spiro atoms. The monoisotopic (exact) mass is 308 g/mol. The number of thiophene rings is 1. The van der Waals surface area contributed by atoms with Gasteiger partial charge in [0.25, 0.3) is 5.91 Å². The number of hydrogen-bond donors (Lipinski definition) is 2. The summed E-state index contributed by atoms with van der Waals surface area (Å²) in [6, 6.07) is 3.26. The molecule has 0 saturated heterocycles. The summed E-state index contributed by atoms with van der Waals surface area (Å²) in [6.07, 6.45) is 0.727. The summed E-state index contributed by atoms with van der Waals surface area (Å²) in [5, 5.41) is 11.2. The van der Waals surface area contributed by atoms with Gasteiger partial charge in [-0.15, -0.1) is 16.4 Å². The number of rotatable bonds is 6. The molecule has 2 rings (SSSR count). The van der Waals surface area contributed by atoms with E-state index < -0.39 is 17.9 Å². The quantitative estimate of drug-likeness (QED) is 0.788. The predicted octanol–water partition coefficient (Wildman–Crippen LogP) is 1.46. The van der Waals surface area contributed by atoms with E-state index in [1.54, 1.807) is 0 Å². The highest BCUT2D eigenvalue weighted by atomic mass is 32.1. The zero-order valence-corrected chi connectivity index (χ0v) is 12.6. The molecule has 2 heterocycles. The lowest BCUT2D eigenvalue weighted by Gasteiger charge is -2.15. The Balaban J connectivity index is 2.10. The summed E-state index contributed by atoms with van der Waals surface area (Å²) in [6.45, 7) is 1.91. The van der Waals surface area contributed by atoms with Crippen LogP contribution in [-0.4, -0.2) is 34.2 Å². The molecule has 0 aliphatic rings. The highest BCUT2D eigenvalue weighted by molar-refractivity contribution is 7.10. The maximum absolute atomic E-state index is 12.1. The molecule has 8 heteroatoms. The number of carbonyl (C=O) groups is 2. The van der Waals surface area contributed by atoms with Crippen LogP contribution in [0.3, 0.4) is 0 Å². The lowest BCUT2D eigenvalue weighted by Crippen LogP contribution is -2.30. The van der Waals surface area contributed by atoms with Crippen LogP contribution in [0.1, 0.15) is 40.7 Å². The smallest absolute Gasteiger partial charge is 0.307 e. The van der Waals surface area contributed by atoms with Crippen molar-refractivity contribution in [3.05, 3.63) is 34.0 Å². The summed E-state index contributed by atoms with van der Waals surface area (Å²) >= 11 is 1.46. The van der Waals surface area contributed by atoms with E-state index in [4.69, 9.17) is 0 Å². The Morgan fingerprint density at radius 3 is 2.90 bits per heavy atom. The van der Waals surface area contributed by atoms with Crippen molar-refractivity contribution in [1.29, 1.82) is 0 Å². The lowest BCUT2D eigenvalue weighted by molar-refractivity contribution is -0.141. The summed E-state index contributed by atoms with van der Waals surface area (Å²) in [7, 11) is 1.32. The molecule has 0 aromatic carbocycles. The Kier molecular flexibility index (Phi) is 5.04. The van der Waals surface area contributed by atoms with Crippen molar-refractivity contribution >= 4 is 23.2 Å². The van der Waals surface area contributed by atoms with Gasteiger partial charge in [0, 0.05) is 11.3 Å². The predicted molar refractivity (Wildman–Crippen MR) is 76.9 cm³/mol. The number of H-pyrrole nitrogens is 1. The van der Waals surface area contributed by atoms with Gasteiger partial charge in [-0.1, -0.05) is 13.0 Å². The zero-order chi connectivity index (χ0) is 15.2. The van der Waals surface area contributed by atoms with E-state index >= 15 is 0 Å². The van der Waals surface area contributed by atoms with Crippen LogP contribution in [-0.2, 0) is 16.0 Å². The van der Waals surface area contributed by atoms with Crippen molar-refractivity contribution in [2.24, 2.45) is 0 Å². The standard InChI is InChI=1S/C13H16N4O3S/c1-3-10-15-12(17-16-10)13(19)14-8(7-11(18)20-2)9-5-4-6-21-9/h4-6,8H,3,7H2,1-2H3,(H,14,19)(H,15,16,17). The van der Waals surface area contributed by atoms with Crippen LogP contribution < -0.4 is 5.32 Å². The van der Waals surface area contributed by atoms with Gasteiger partial charge in [-0.05, 0) is 11.4 Å². The van der Waals surface area contributed by atoms with Crippen LogP contribution in [0.15, 0.2) is 17.5 Å². The molecule has 7 nitrogen and oxygen atoms in total. The Morgan fingerprint density at radius 2 is 2.33 bits per heavy atom. The van der Waals surface area contributed by atoms with E-state index in [1.165, 1.54) is 18.4 Å². The molecule has 0 fully saturated rings. The first-order valence-electron chi connectivity index (χ1n) is 6.46. The van der Waals surface area contributed by atoms with E-state index in [0.29, 0.717) is 12.2 Å². The molecule has 0 bridgehead atoms. The van der Waals surface area contributed by atoms with E-state index in [-0.39, 0.29) is 12.2 Å². The Hall–Kier alpha value is -2.22. The number of aryl methyl sites for hydroxylation is 1. The third kappa shape index (κ3) is 3.88. The molecule has 1 unspecified atom stereocenters. The van der Waals surface area contributed by atoms with E-state index in [2.05, 4.69) is 25.2 Å². The number of aromatic nitrogens is 3.